The topological polar surface area (TPSA) is 76.1 Å². The fourth-order valence-electron chi connectivity index (χ4n) is 2.61. The van der Waals surface area contributed by atoms with E-state index in [0.717, 1.165) is 22.2 Å². The number of rotatable bonds is 7. The highest BCUT2D eigenvalue weighted by Gasteiger charge is 2.33. The summed E-state index contributed by atoms with van der Waals surface area (Å²) in [5, 5.41) is 8.97. The third kappa shape index (κ3) is 4.52. The Kier molecular flexibility index (Phi) is 6.33. The molecular weight excluding hydrogens is 398 g/mol. The van der Waals surface area contributed by atoms with Gasteiger partial charge in [0.25, 0.3) is 5.91 Å². The van der Waals surface area contributed by atoms with Crippen molar-refractivity contribution in [2.45, 2.75) is 6.61 Å². The molecule has 6 nitrogen and oxygen atoms in total. The van der Waals surface area contributed by atoms with E-state index in [1.165, 1.54) is 7.11 Å². The number of hydrogen-bond donors (Lipinski definition) is 1. The summed E-state index contributed by atoms with van der Waals surface area (Å²) in [5.41, 5.74) is 1.60. The van der Waals surface area contributed by atoms with Crippen LogP contribution in [0.3, 0.4) is 0 Å². The van der Waals surface area contributed by atoms with Gasteiger partial charge in [-0.05, 0) is 23.8 Å². The Morgan fingerprint density at radius 1 is 1.18 bits per heavy atom. The van der Waals surface area contributed by atoms with Crippen LogP contribution in [0.1, 0.15) is 11.1 Å². The standard InChI is InChI=1S/C20H17NO5S2/c1-25-15-8-5-9-16(26-12-13-6-3-2-4-7-13)14(15)10-17-19(24)21(11-18(22)23)20(27)28-17/h2-10H,11-12H2,1H3,(H,22,23)/b17-10-. The Balaban J connectivity index is 1.90. The molecule has 3 rings (SSSR count). The first-order valence-electron chi connectivity index (χ1n) is 8.30. The second kappa shape index (κ2) is 8.90. The van der Waals surface area contributed by atoms with Crippen molar-refractivity contribution in [1.82, 2.24) is 4.90 Å². The number of amides is 1. The third-order valence-corrected chi connectivity index (χ3v) is 5.30. The number of thioether (sulfide) groups is 1. The molecule has 1 N–H and O–H groups in total. The molecule has 0 unspecified atom stereocenters. The predicted molar refractivity (Wildman–Crippen MR) is 111 cm³/mol. The maximum absolute atomic E-state index is 12.6. The number of methoxy groups -OCH3 is 1. The number of carboxylic acids is 1. The van der Waals surface area contributed by atoms with Gasteiger partial charge in [-0.3, -0.25) is 14.5 Å². The number of aliphatic carboxylic acids is 1. The van der Waals surface area contributed by atoms with E-state index >= 15 is 0 Å². The summed E-state index contributed by atoms with van der Waals surface area (Å²) in [6.45, 7) is -0.111. The van der Waals surface area contributed by atoms with Crippen molar-refractivity contribution in [2.75, 3.05) is 13.7 Å². The molecule has 2 aromatic carbocycles. The van der Waals surface area contributed by atoms with Crippen LogP contribution in [0.25, 0.3) is 6.08 Å². The summed E-state index contributed by atoms with van der Waals surface area (Å²) < 4.78 is 11.6. The number of ether oxygens (including phenoxy) is 2. The summed E-state index contributed by atoms with van der Waals surface area (Å²) in [5.74, 6) is -0.486. The van der Waals surface area contributed by atoms with Crippen molar-refractivity contribution in [1.29, 1.82) is 0 Å². The fraction of sp³-hybridized carbons (Fsp3) is 0.150. The Bertz CT molecular complexity index is 943. The highest BCUT2D eigenvalue weighted by molar-refractivity contribution is 8.26. The van der Waals surface area contributed by atoms with E-state index in [4.69, 9.17) is 26.8 Å². The molecule has 1 amide bonds. The number of benzene rings is 2. The second-order valence-corrected chi connectivity index (χ2v) is 7.48. The highest BCUT2D eigenvalue weighted by Crippen LogP contribution is 2.37. The average Bonchev–Trinajstić information content (AvgIpc) is 2.95. The van der Waals surface area contributed by atoms with Crippen LogP contribution in [0.5, 0.6) is 11.5 Å². The summed E-state index contributed by atoms with van der Waals surface area (Å²) in [4.78, 5) is 24.9. The zero-order valence-electron chi connectivity index (χ0n) is 15.0. The summed E-state index contributed by atoms with van der Waals surface area (Å²) in [6.07, 6.45) is 1.63. The molecule has 0 radical (unpaired) electrons. The maximum Gasteiger partial charge on any atom is 0.323 e. The van der Waals surface area contributed by atoms with Gasteiger partial charge in [0.1, 0.15) is 29.0 Å². The Morgan fingerprint density at radius 3 is 2.57 bits per heavy atom. The number of carboxylic acid groups (broad SMARTS) is 1. The zero-order valence-corrected chi connectivity index (χ0v) is 16.6. The normalized spacial score (nSPS) is 15.2. The molecule has 1 aliphatic rings. The molecule has 1 heterocycles. The number of hydrogen-bond acceptors (Lipinski definition) is 6. The van der Waals surface area contributed by atoms with Crippen LogP contribution in [-0.4, -0.2) is 39.9 Å². The smallest absolute Gasteiger partial charge is 0.323 e. The minimum Gasteiger partial charge on any atom is -0.496 e. The molecule has 144 valence electrons. The number of carbonyl (C=O) groups is 2. The second-order valence-electron chi connectivity index (χ2n) is 5.81. The first-order chi connectivity index (χ1) is 13.5. The van der Waals surface area contributed by atoms with E-state index < -0.39 is 18.4 Å². The molecule has 0 aliphatic carbocycles. The van der Waals surface area contributed by atoms with Crippen LogP contribution < -0.4 is 9.47 Å². The zero-order chi connectivity index (χ0) is 20.1. The number of thiocarbonyl (C=S) groups is 1. The molecular formula is C20H17NO5S2. The SMILES string of the molecule is COc1cccc(OCc2ccccc2)c1/C=C1\SC(=S)N(CC(=O)O)C1=O. The molecule has 1 saturated heterocycles. The van der Waals surface area contributed by atoms with Crippen LogP contribution >= 0.6 is 24.0 Å². The van der Waals surface area contributed by atoms with Gasteiger partial charge in [0, 0.05) is 0 Å². The summed E-state index contributed by atoms with van der Waals surface area (Å²) in [6, 6.07) is 15.0. The molecule has 1 fully saturated rings. The summed E-state index contributed by atoms with van der Waals surface area (Å²) in [7, 11) is 1.53. The van der Waals surface area contributed by atoms with Crippen LogP contribution in [0.2, 0.25) is 0 Å². The first-order valence-corrected chi connectivity index (χ1v) is 9.53. The number of nitrogens with zero attached hydrogens (tertiary/aromatic N) is 1. The van der Waals surface area contributed by atoms with Crippen LogP contribution in [0, 0.1) is 0 Å². The van der Waals surface area contributed by atoms with E-state index in [1.807, 2.05) is 30.3 Å². The van der Waals surface area contributed by atoms with E-state index in [1.54, 1.807) is 24.3 Å². The van der Waals surface area contributed by atoms with E-state index in [-0.39, 0.29) is 4.32 Å². The largest absolute Gasteiger partial charge is 0.496 e. The molecule has 1 aliphatic heterocycles. The molecule has 28 heavy (non-hydrogen) atoms. The van der Waals surface area contributed by atoms with Gasteiger partial charge in [0.2, 0.25) is 0 Å². The van der Waals surface area contributed by atoms with Crippen molar-refractivity contribution in [3.05, 3.63) is 64.6 Å². The van der Waals surface area contributed by atoms with Gasteiger partial charge < -0.3 is 14.6 Å². The molecule has 0 saturated carbocycles. The molecule has 0 atom stereocenters. The van der Waals surface area contributed by atoms with E-state index in [9.17, 15) is 9.59 Å². The van der Waals surface area contributed by atoms with E-state index in [2.05, 4.69) is 0 Å². The van der Waals surface area contributed by atoms with E-state index in [0.29, 0.717) is 28.6 Å². The predicted octanol–water partition coefficient (Wildman–Crippen LogP) is 3.56. The maximum atomic E-state index is 12.6. The average molecular weight is 415 g/mol. The lowest BCUT2D eigenvalue weighted by molar-refractivity contribution is -0.140. The van der Waals surface area contributed by atoms with Gasteiger partial charge >= 0.3 is 5.97 Å². The lowest BCUT2D eigenvalue weighted by Crippen LogP contribution is -2.33. The van der Waals surface area contributed by atoms with Gasteiger partial charge in [-0.15, -0.1) is 0 Å². The quantitative estimate of drug-likeness (QED) is 0.547. The third-order valence-electron chi connectivity index (χ3n) is 3.93. The van der Waals surface area contributed by atoms with Gasteiger partial charge in [0.15, 0.2) is 0 Å². The van der Waals surface area contributed by atoms with Crippen LogP contribution in [-0.2, 0) is 16.2 Å². The first kappa shape index (κ1) is 19.9. The Morgan fingerprint density at radius 2 is 1.89 bits per heavy atom. The van der Waals surface area contributed by atoms with Crippen LogP contribution in [0.15, 0.2) is 53.4 Å². The fourth-order valence-corrected chi connectivity index (χ4v) is 3.84. The van der Waals surface area contributed by atoms with Gasteiger partial charge in [-0.2, -0.15) is 0 Å². The molecule has 8 heteroatoms. The Labute approximate surface area is 171 Å². The highest BCUT2D eigenvalue weighted by atomic mass is 32.2. The van der Waals surface area contributed by atoms with Gasteiger partial charge in [-0.1, -0.05) is 60.4 Å². The molecule has 2 aromatic rings. The van der Waals surface area contributed by atoms with Crippen molar-refractivity contribution in [2.24, 2.45) is 0 Å². The number of carbonyl (C=O) groups excluding carboxylic acids is 1. The van der Waals surface area contributed by atoms with Crippen molar-refractivity contribution >= 4 is 46.3 Å². The monoisotopic (exact) mass is 415 g/mol. The minimum absolute atomic E-state index is 0.209. The van der Waals surface area contributed by atoms with Gasteiger partial charge in [0.05, 0.1) is 17.6 Å². The molecule has 0 spiro atoms. The lowest BCUT2D eigenvalue weighted by atomic mass is 10.1. The minimum atomic E-state index is -1.12. The van der Waals surface area contributed by atoms with Crippen molar-refractivity contribution < 1.29 is 24.2 Å². The van der Waals surface area contributed by atoms with Gasteiger partial charge in [-0.25, -0.2) is 0 Å². The lowest BCUT2D eigenvalue weighted by Gasteiger charge is -2.13. The Hall–Kier alpha value is -2.84. The molecule has 0 aromatic heterocycles. The van der Waals surface area contributed by atoms with Crippen molar-refractivity contribution in [3.8, 4) is 11.5 Å². The molecule has 0 bridgehead atoms. The summed E-state index contributed by atoms with van der Waals surface area (Å²) >= 11 is 6.20. The van der Waals surface area contributed by atoms with Crippen molar-refractivity contribution in [3.63, 3.8) is 0 Å². The van der Waals surface area contributed by atoms with Crippen LogP contribution in [0.4, 0.5) is 0 Å².